The molecule has 162 valence electrons. The molecule has 0 unspecified atom stereocenters. The van der Waals surface area contributed by atoms with Gasteiger partial charge in [0.15, 0.2) is 5.13 Å². The van der Waals surface area contributed by atoms with E-state index >= 15 is 0 Å². The van der Waals surface area contributed by atoms with E-state index in [1.807, 2.05) is 24.0 Å². The smallest absolute Gasteiger partial charge is 0.290 e. The molecule has 1 aliphatic heterocycles. The molecule has 0 bridgehead atoms. The van der Waals surface area contributed by atoms with E-state index in [2.05, 4.69) is 10.3 Å². The molecule has 2 aromatic rings. The lowest BCUT2D eigenvalue weighted by Gasteiger charge is -2.45. The number of carbonyl (C=O) groups excluding carboxylic acids is 2. The van der Waals surface area contributed by atoms with E-state index < -0.39 is 0 Å². The molecular formula is C20H26N4O5S. The van der Waals surface area contributed by atoms with Crippen molar-refractivity contribution in [3.8, 4) is 0 Å². The molecule has 2 heterocycles. The first-order chi connectivity index (χ1) is 14.4. The van der Waals surface area contributed by atoms with E-state index in [9.17, 15) is 9.59 Å². The van der Waals surface area contributed by atoms with Crippen molar-refractivity contribution in [3.05, 3.63) is 23.3 Å². The monoisotopic (exact) mass is 434 g/mol. The zero-order valence-electron chi connectivity index (χ0n) is 17.0. The Balaban J connectivity index is 0.000000806. The number of benzene rings is 1. The minimum atomic E-state index is -0.250. The summed E-state index contributed by atoms with van der Waals surface area (Å²) in [5.74, 6) is -0.0367. The van der Waals surface area contributed by atoms with Gasteiger partial charge in [-0.3, -0.25) is 14.4 Å². The number of rotatable bonds is 2. The fourth-order valence-electron chi connectivity index (χ4n) is 4.31. The van der Waals surface area contributed by atoms with Crippen molar-refractivity contribution in [2.45, 2.75) is 38.3 Å². The number of thiazole rings is 1. The highest BCUT2D eigenvalue weighted by Crippen LogP contribution is 2.34. The van der Waals surface area contributed by atoms with Crippen LogP contribution >= 0.6 is 11.3 Å². The van der Waals surface area contributed by atoms with Crippen molar-refractivity contribution in [1.82, 2.24) is 15.2 Å². The molecule has 2 aliphatic rings. The van der Waals surface area contributed by atoms with Crippen LogP contribution < -0.4 is 11.1 Å². The third-order valence-corrected chi connectivity index (χ3v) is 6.48. The molecule has 1 saturated heterocycles. The summed E-state index contributed by atoms with van der Waals surface area (Å²) in [6.07, 6.45) is 2.25. The second-order valence-corrected chi connectivity index (χ2v) is 8.46. The van der Waals surface area contributed by atoms with Crippen LogP contribution in [0.4, 0.5) is 5.13 Å². The van der Waals surface area contributed by atoms with Crippen LogP contribution in [0.25, 0.3) is 10.2 Å². The number of nitrogens with one attached hydrogen (secondary N) is 1. The molecule has 10 heteroatoms. The van der Waals surface area contributed by atoms with Gasteiger partial charge in [0.2, 0.25) is 5.91 Å². The number of hydrogen-bond donors (Lipinski definition) is 3. The van der Waals surface area contributed by atoms with Crippen molar-refractivity contribution in [1.29, 1.82) is 0 Å². The predicted molar refractivity (Wildman–Crippen MR) is 113 cm³/mol. The fraction of sp³-hybridized carbons (Fsp3) is 0.500. The van der Waals surface area contributed by atoms with Gasteiger partial charge in [0.05, 0.1) is 29.0 Å². The molecule has 30 heavy (non-hydrogen) atoms. The van der Waals surface area contributed by atoms with Gasteiger partial charge in [0.1, 0.15) is 0 Å². The van der Waals surface area contributed by atoms with Gasteiger partial charge in [-0.25, -0.2) is 4.98 Å². The number of fused-ring (bicyclic) bond motifs is 2. The maximum Gasteiger partial charge on any atom is 0.290 e. The average Bonchev–Trinajstić information content (AvgIpc) is 3.13. The van der Waals surface area contributed by atoms with E-state index in [1.165, 1.54) is 11.3 Å². The number of anilines is 1. The molecule has 9 nitrogen and oxygen atoms in total. The van der Waals surface area contributed by atoms with Crippen LogP contribution in [0.1, 0.15) is 35.2 Å². The van der Waals surface area contributed by atoms with Gasteiger partial charge in [-0.15, -0.1) is 0 Å². The van der Waals surface area contributed by atoms with Crippen LogP contribution in [0.15, 0.2) is 12.1 Å². The first-order valence-electron chi connectivity index (χ1n) is 9.78. The predicted octanol–water partition coefficient (Wildman–Crippen LogP) is 1.64. The molecule has 1 aromatic heterocycles. The largest absolute Gasteiger partial charge is 0.483 e. The Hall–Kier alpha value is -2.72. The maximum atomic E-state index is 13.3. The van der Waals surface area contributed by atoms with Crippen molar-refractivity contribution in [2.24, 2.45) is 5.92 Å². The molecule has 4 rings (SSSR count). The SMILES string of the molecule is CNC(=O)[C@H]1CC[C@H]2OCCN(C(=O)c3cc(C)c4nc(N)sc4c3)[C@@H]2C1.O=CO. The minimum Gasteiger partial charge on any atom is -0.483 e. The molecule has 3 atom stereocenters. The number of ether oxygens (including phenoxy) is 1. The van der Waals surface area contributed by atoms with Gasteiger partial charge >= 0.3 is 0 Å². The second kappa shape index (κ2) is 9.40. The zero-order chi connectivity index (χ0) is 21.8. The number of aryl methyl sites for hydroxylation is 1. The Kier molecular flexibility index (Phi) is 6.88. The van der Waals surface area contributed by atoms with Crippen molar-refractivity contribution in [2.75, 3.05) is 25.9 Å². The summed E-state index contributed by atoms with van der Waals surface area (Å²) in [5, 5.41) is 10.1. The quantitative estimate of drug-likeness (QED) is 0.612. The van der Waals surface area contributed by atoms with Gasteiger partial charge in [0.25, 0.3) is 12.4 Å². The van der Waals surface area contributed by atoms with E-state index in [-0.39, 0.29) is 36.4 Å². The van der Waals surface area contributed by atoms with Crippen LogP contribution in [-0.4, -0.2) is 65.6 Å². The van der Waals surface area contributed by atoms with Gasteiger partial charge < -0.3 is 25.8 Å². The molecule has 0 spiro atoms. The first kappa shape index (κ1) is 22.0. The summed E-state index contributed by atoms with van der Waals surface area (Å²) in [7, 11) is 1.66. The summed E-state index contributed by atoms with van der Waals surface area (Å²) in [6.45, 7) is 2.78. The summed E-state index contributed by atoms with van der Waals surface area (Å²) < 4.78 is 6.83. The Labute approximate surface area is 178 Å². The second-order valence-electron chi connectivity index (χ2n) is 7.40. The van der Waals surface area contributed by atoms with Gasteiger partial charge in [-0.1, -0.05) is 11.3 Å². The van der Waals surface area contributed by atoms with E-state index in [1.54, 1.807) is 7.05 Å². The number of nitrogens with zero attached hydrogens (tertiary/aromatic N) is 2. The lowest BCUT2D eigenvalue weighted by molar-refractivity contribution is -0.131. The topological polar surface area (TPSA) is 135 Å². The number of hydrogen-bond acceptors (Lipinski definition) is 7. The fourth-order valence-corrected chi connectivity index (χ4v) is 5.16. The van der Waals surface area contributed by atoms with E-state index in [0.717, 1.165) is 28.6 Å². The zero-order valence-corrected chi connectivity index (χ0v) is 17.8. The number of nitrogen functional groups attached to an aromatic ring is 1. The summed E-state index contributed by atoms with van der Waals surface area (Å²) in [4.78, 5) is 40.0. The van der Waals surface area contributed by atoms with Crippen LogP contribution in [0.2, 0.25) is 0 Å². The summed E-state index contributed by atoms with van der Waals surface area (Å²) in [5.41, 5.74) is 8.27. The maximum absolute atomic E-state index is 13.3. The number of nitrogens with two attached hydrogens (primary N) is 1. The van der Waals surface area contributed by atoms with Crippen LogP contribution in [0, 0.1) is 12.8 Å². The normalized spacial score (nSPS) is 23.1. The average molecular weight is 435 g/mol. The Morgan fingerprint density at radius 2 is 2.13 bits per heavy atom. The number of amides is 2. The molecule has 1 aromatic carbocycles. The van der Waals surface area contributed by atoms with Gasteiger partial charge in [-0.05, 0) is 43.9 Å². The standard InChI is InChI=1S/C19H24N4O3S.CH2O2/c1-10-7-12(9-15-16(10)22-19(20)27-15)18(25)23-5-6-26-14-4-3-11(8-13(14)23)17(24)21-2;2-1-3/h7,9,11,13-14H,3-6,8H2,1-2H3,(H2,20,22)(H,21,24);1H,(H,2,3)/t11-,13+,14+;/m0./s1. The molecule has 2 amide bonds. The highest BCUT2D eigenvalue weighted by Gasteiger charge is 2.41. The third-order valence-electron chi connectivity index (χ3n) is 5.65. The Morgan fingerprint density at radius 3 is 2.83 bits per heavy atom. The summed E-state index contributed by atoms with van der Waals surface area (Å²) in [6, 6.07) is 3.69. The number of aromatic nitrogens is 1. The number of carboxylic acid groups (broad SMARTS) is 1. The van der Waals surface area contributed by atoms with Crippen molar-refractivity contribution >= 4 is 45.0 Å². The number of morpholine rings is 1. The van der Waals surface area contributed by atoms with Crippen molar-refractivity contribution in [3.63, 3.8) is 0 Å². The number of carbonyl (C=O) groups is 3. The molecule has 2 fully saturated rings. The lowest BCUT2D eigenvalue weighted by Crippen LogP contribution is -2.57. The van der Waals surface area contributed by atoms with Crippen LogP contribution in [-0.2, 0) is 14.3 Å². The molecule has 0 radical (unpaired) electrons. The highest BCUT2D eigenvalue weighted by molar-refractivity contribution is 7.22. The van der Waals surface area contributed by atoms with E-state index in [4.69, 9.17) is 20.4 Å². The van der Waals surface area contributed by atoms with Crippen LogP contribution in [0.3, 0.4) is 0 Å². The van der Waals surface area contributed by atoms with Crippen LogP contribution in [0.5, 0.6) is 0 Å². The highest BCUT2D eigenvalue weighted by atomic mass is 32.1. The third kappa shape index (κ3) is 4.39. The summed E-state index contributed by atoms with van der Waals surface area (Å²) >= 11 is 1.39. The molecule has 1 aliphatic carbocycles. The Bertz CT molecular complexity index is 947. The minimum absolute atomic E-state index is 0.00693. The first-order valence-corrected chi connectivity index (χ1v) is 10.6. The Morgan fingerprint density at radius 1 is 1.40 bits per heavy atom. The van der Waals surface area contributed by atoms with E-state index in [0.29, 0.717) is 30.3 Å². The van der Waals surface area contributed by atoms with Gasteiger partial charge in [-0.2, -0.15) is 0 Å². The lowest BCUT2D eigenvalue weighted by atomic mass is 9.81. The van der Waals surface area contributed by atoms with Crippen molar-refractivity contribution < 1.29 is 24.2 Å². The molecule has 1 saturated carbocycles. The molecular weight excluding hydrogens is 408 g/mol. The van der Waals surface area contributed by atoms with Gasteiger partial charge in [0, 0.05) is 25.1 Å². The molecule has 4 N–H and O–H groups in total.